The average molecular weight is 305 g/mol. The molecule has 5 heteroatoms. The van der Waals surface area contributed by atoms with Crippen LogP contribution in [0.4, 0.5) is 5.69 Å². The van der Waals surface area contributed by atoms with Crippen LogP contribution in [0, 0.1) is 6.92 Å². The highest BCUT2D eigenvalue weighted by Crippen LogP contribution is 2.30. The maximum Gasteiger partial charge on any atom is 0.235 e. The van der Waals surface area contributed by atoms with Gasteiger partial charge in [-0.1, -0.05) is 29.8 Å². The monoisotopic (exact) mass is 305 g/mol. The van der Waals surface area contributed by atoms with Crippen molar-refractivity contribution in [2.75, 3.05) is 4.72 Å². The summed E-state index contributed by atoms with van der Waals surface area (Å²) < 4.78 is 32.3. The van der Waals surface area contributed by atoms with Gasteiger partial charge in [-0.3, -0.25) is 4.72 Å². The minimum absolute atomic E-state index is 0.437. The van der Waals surface area contributed by atoms with Gasteiger partial charge in [-0.05, 0) is 45.0 Å². The van der Waals surface area contributed by atoms with Crippen LogP contribution in [0.5, 0.6) is 11.5 Å². The second kappa shape index (κ2) is 6.18. The molecule has 2 aromatic rings. The Labute approximate surface area is 125 Å². The van der Waals surface area contributed by atoms with Crippen LogP contribution >= 0.6 is 0 Å². The summed E-state index contributed by atoms with van der Waals surface area (Å²) in [6, 6.07) is 14.6. The van der Waals surface area contributed by atoms with Crippen LogP contribution in [0.15, 0.2) is 48.5 Å². The Morgan fingerprint density at radius 1 is 1.00 bits per heavy atom. The standard InChI is InChI=1S/C16H19NO3S/c1-12(2)21(18,19)17-15-6-4-5-7-16(15)20-14-10-8-13(3)9-11-14/h4-12,17H,1-3H3. The van der Waals surface area contributed by atoms with E-state index >= 15 is 0 Å². The molecular formula is C16H19NO3S. The number of nitrogens with one attached hydrogen (secondary N) is 1. The van der Waals surface area contributed by atoms with Crippen LogP contribution < -0.4 is 9.46 Å². The molecule has 1 N–H and O–H groups in total. The molecule has 0 amide bonds. The maximum atomic E-state index is 12.0. The molecule has 0 radical (unpaired) electrons. The lowest BCUT2D eigenvalue weighted by Crippen LogP contribution is -2.22. The summed E-state index contributed by atoms with van der Waals surface area (Å²) in [6.07, 6.45) is 0. The minimum atomic E-state index is -3.40. The summed E-state index contributed by atoms with van der Waals surface area (Å²) in [7, 11) is -3.40. The fourth-order valence-corrected chi connectivity index (χ4v) is 2.36. The Morgan fingerprint density at radius 2 is 1.62 bits per heavy atom. The molecule has 0 aromatic heterocycles. The van der Waals surface area contributed by atoms with Crippen molar-refractivity contribution in [3.8, 4) is 11.5 Å². The first kappa shape index (κ1) is 15.4. The summed E-state index contributed by atoms with van der Waals surface area (Å²) in [5, 5.41) is -0.509. The van der Waals surface area contributed by atoms with E-state index in [-0.39, 0.29) is 0 Å². The summed E-state index contributed by atoms with van der Waals surface area (Å²) in [5.41, 5.74) is 1.57. The highest BCUT2D eigenvalue weighted by Gasteiger charge is 2.17. The molecule has 0 heterocycles. The molecule has 0 saturated carbocycles. The number of hydrogen-bond acceptors (Lipinski definition) is 3. The Hall–Kier alpha value is -2.01. The third-order valence-corrected chi connectivity index (χ3v) is 4.75. The number of rotatable bonds is 5. The number of anilines is 1. The highest BCUT2D eigenvalue weighted by molar-refractivity contribution is 7.93. The van der Waals surface area contributed by atoms with E-state index in [1.54, 1.807) is 38.1 Å². The maximum absolute atomic E-state index is 12.0. The number of benzene rings is 2. The molecule has 0 aliphatic heterocycles. The van der Waals surface area contributed by atoms with Gasteiger partial charge < -0.3 is 4.74 Å². The van der Waals surface area contributed by atoms with Crippen molar-refractivity contribution in [2.45, 2.75) is 26.0 Å². The smallest absolute Gasteiger partial charge is 0.235 e. The molecule has 0 bridgehead atoms. The molecule has 112 valence electrons. The Balaban J connectivity index is 2.27. The fraction of sp³-hybridized carbons (Fsp3) is 0.250. The molecule has 4 nitrogen and oxygen atoms in total. The predicted molar refractivity (Wildman–Crippen MR) is 85.4 cm³/mol. The van der Waals surface area contributed by atoms with E-state index in [1.165, 1.54) is 0 Å². The van der Waals surface area contributed by atoms with Gasteiger partial charge in [0.15, 0.2) is 5.75 Å². The molecule has 0 aliphatic rings. The molecule has 0 atom stereocenters. The van der Waals surface area contributed by atoms with E-state index in [0.717, 1.165) is 5.56 Å². The molecule has 0 saturated heterocycles. The zero-order valence-electron chi connectivity index (χ0n) is 12.3. The largest absolute Gasteiger partial charge is 0.455 e. The van der Waals surface area contributed by atoms with Gasteiger partial charge in [-0.15, -0.1) is 0 Å². The molecular weight excluding hydrogens is 286 g/mol. The van der Waals surface area contributed by atoms with Crippen LogP contribution in [-0.4, -0.2) is 13.7 Å². The zero-order chi connectivity index (χ0) is 15.5. The van der Waals surface area contributed by atoms with E-state index in [0.29, 0.717) is 17.2 Å². The van der Waals surface area contributed by atoms with Crippen molar-refractivity contribution in [1.29, 1.82) is 0 Å². The van der Waals surface area contributed by atoms with E-state index in [9.17, 15) is 8.42 Å². The molecule has 21 heavy (non-hydrogen) atoms. The van der Waals surface area contributed by atoms with Crippen LogP contribution in [0.25, 0.3) is 0 Å². The van der Waals surface area contributed by atoms with Gasteiger partial charge >= 0.3 is 0 Å². The van der Waals surface area contributed by atoms with Gasteiger partial charge in [-0.2, -0.15) is 0 Å². The zero-order valence-corrected chi connectivity index (χ0v) is 13.1. The third kappa shape index (κ3) is 3.98. The third-order valence-electron chi connectivity index (χ3n) is 3.01. The van der Waals surface area contributed by atoms with Gasteiger partial charge in [0.1, 0.15) is 5.75 Å². The van der Waals surface area contributed by atoms with Crippen molar-refractivity contribution in [3.63, 3.8) is 0 Å². The van der Waals surface area contributed by atoms with Crippen molar-refractivity contribution < 1.29 is 13.2 Å². The van der Waals surface area contributed by atoms with E-state index in [2.05, 4.69) is 4.72 Å². The highest BCUT2D eigenvalue weighted by atomic mass is 32.2. The topological polar surface area (TPSA) is 55.4 Å². The molecule has 0 spiro atoms. The molecule has 2 rings (SSSR count). The Bertz CT molecular complexity index is 707. The van der Waals surface area contributed by atoms with E-state index < -0.39 is 15.3 Å². The number of hydrogen-bond donors (Lipinski definition) is 1. The van der Waals surface area contributed by atoms with Crippen molar-refractivity contribution >= 4 is 15.7 Å². The first-order valence-corrected chi connectivity index (χ1v) is 8.28. The van der Waals surface area contributed by atoms with Crippen LogP contribution in [-0.2, 0) is 10.0 Å². The quantitative estimate of drug-likeness (QED) is 0.910. The molecule has 0 aliphatic carbocycles. The Kier molecular flexibility index (Phi) is 4.53. The summed E-state index contributed by atoms with van der Waals surface area (Å²) in [4.78, 5) is 0. The summed E-state index contributed by atoms with van der Waals surface area (Å²) >= 11 is 0. The molecule has 2 aromatic carbocycles. The van der Waals surface area contributed by atoms with E-state index in [1.807, 2.05) is 31.2 Å². The van der Waals surface area contributed by atoms with Crippen LogP contribution in [0.1, 0.15) is 19.4 Å². The average Bonchev–Trinajstić information content (AvgIpc) is 2.43. The minimum Gasteiger partial charge on any atom is -0.455 e. The van der Waals surface area contributed by atoms with Crippen LogP contribution in [0.3, 0.4) is 0 Å². The normalized spacial score (nSPS) is 11.4. The van der Waals surface area contributed by atoms with Crippen LogP contribution in [0.2, 0.25) is 0 Å². The van der Waals surface area contributed by atoms with Gasteiger partial charge in [-0.25, -0.2) is 8.42 Å². The lowest BCUT2D eigenvalue weighted by Gasteiger charge is -2.15. The lowest BCUT2D eigenvalue weighted by atomic mass is 10.2. The van der Waals surface area contributed by atoms with Crippen molar-refractivity contribution in [1.82, 2.24) is 0 Å². The lowest BCUT2D eigenvalue weighted by molar-refractivity contribution is 0.484. The first-order valence-electron chi connectivity index (χ1n) is 6.73. The molecule has 0 fully saturated rings. The fourth-order valence-electron chi connectivity index (χ4n) is 1.64. The second-order valence-electron chi connectivity index (χ2n) is 5.11. The van der Waals surface area contributed by atoms with Crippen molar-refractivity contribution in [2.24, 2.45) is 0 Å². The predicted octanol–water partition coefficient (Wildman–Crippen LogP) is 3.94. The first-order chi connectivity index (χ1) is 9.88. The SMILES string of the molecule is Cc1ccc(Oc2ccccc2NS(=O)(=O)C(C)C)cc1. The van der Waals surface area contributed by atoms with Gasteiger partial charge in [0.05, 0.1) is 10.9 Å². The summed E-state index contributed by atoms with van der Waals surface area (Å²) in [5.74, 6) is 1.14. The number of ether oxygens (including phenoxy) is 1. The second-order valence-corrected chi connectivity index (χ2v) is 7.34. The number of para-hydroxylation sites is 2. The van der Waals surface area contributed by atoms with Crippen molar-refractivity contribution in [3.05, 3.63) is 54.1 Å². The Morgan fingerprint density at radius 3 is 2.24 bits per heavy atom. The van der Waals surface area contributed by atoms with Gasteiger partial charge in [0, 0.05) is 0 Å². The van der Waals surface area contributed by atoms with Gasteiger partial charge in [0.2, 0.25) is 10.0 Å². The number of sulfonamides is 1. The van der Waals surface area contributed by atoms with Gasteiger partial charge in [0.25, 0.3) is 0 Å². The number of aryl methyl sites for hydroxylation is 1. The molecule has 0 unspecified atom stereocenters. The van der Waals surface area contributed by atoms with E-state index in [4.69, 9.17) is 4.74 Å². The summed E-state index contributed by atoms with van der Waals surface area (Å²) in [6.45, 7) is 5.26.